The highest BCUT2D eigenvalue weighted by molar-refractivity contribution is 5.07. The first-order valence-electron chi connectivity index (χ1n) is 5.02. The van der Waals surface area contributed by atoms with Crippen molar-refractivity contribution < 1.29 is 0 Å². The molecule has 0 bridgehead atoms. The third-order valence-electron chi connectivity index (χ3n) is 2.85. The van der Waals surface area contributed by atoms with E-state index in [1.165, 1.54) is 12.8 Å². The Morgan fingerprint density at radius 2 is 2.15 bits per heavy atom. The van der Waals surface area contributed by atoms with Crippen LogP contribution in [0.4, 0.5) is 0 Å². The SMILES string of the molecule is NC1CCc2nc(C3CC3)nn2C1. The summed E-state index contributed by atoms with van der Waals surface area (Å²) in [5.41, 5.74) is 5.86. The van der Waals surface area contributed by atoms with Gasteiger partial charge in [0.1, 0.15) is 5.82 Å². The fourth-order valence-corrected chi connectivity index (χ4v) is 1.87. The second-order valence-corrected chi connectivity index (χ2v) is 4.14. The van der Waals surface area contributed by atoms with Crippen molar-refractivity contribution in [2.75, 3.05) is 0 Å². The first kappa shape index (κ1) is 7.50. The smallest absolute Gasteiger partial charge is 0.154 e. The topological polar surface area (TPSA) is 56.7 Å². The number of aryl methyl sites for hydroxylation is 1. The molecule has 2 heterocycles. The van der Waals surface area contributed by atoms with Gasteiger partial charge in [-0.1, -0.05) is 0 Å². The largest absolute Gasteiger partial charge is 0.326 e. The quantitative estimate of drug-likeness (QED) is 0.678. The van der Waals surface area contributed by atoms with E-state index in [1.54, 1.807) is 0 Å². The van der Waals surface area contributed by atoms with Crippen LogP contribution in [0.25, 0.3) is 0 Å². The first-order chi connectivity index (χ1) is 6.33. The number of hydrogen-bond donors (Lipinski definition) is 1. The Bertz CT molecular complexity index is 326. The summed E-state index contributed by atoms with van der Waals surface area (Å²) in [6.07, 6.45) is 4.61. The number of hydrogen-bond acceptors (Lipinski definition) is 3. The van der Waals surface area contributed by atoms with E-state index in [4.69, 9.17) is 5.73 Å². The summed E-state index contributed by atoms with van der Waals surface area (Å²) in [6.45, 7) is 0.856. The Morgan fingerprint density at radius 3 is 2.92 bits per heavy atom. The lowest BCUT2D eigenvalue weighted by Crippen LogP contribution is -2.32. The van der Waals surface area contributed by atoms with E-state index in [-0.39, 0.29) is 6.04 Å². The van der Waals surface area contributed by atoms with Crippen molar-refractivity contribution in [3.63, 3.8) is 0 Å². The van der Waals surface area contributed by atoms with Crippen LogP contribution in [0.2, 0.25) is 0 Å². The van der Waals surface area contributed by atoms with Gasteiger partial charge in [-0.25, -0.2) is 9.67 Å². The minimum absolute atomic E-state index is 0.279. The maximum absolute atomic E-state index is 5.86. The minimum atomic E-state index is 0.279. The van der Waals surface area contributed by atoms with Gasteiger partial charge in [-0.2, -0.15) is 5.10 Å². The summed E-state index contributed by atoms with van der Waals surface area (Å²) in [5.74, 6) is 2.86. The zero-order chi connectivity index (χ0) is 8.84. The van der Waals surface area contributed by atoms with Gasteiger partial charge >= 0.3 is 0 Å². The number of fused-ring (bicyclic) bond motifs is 1. The molecule has 0 aromatic carbocycles. The van der Waals surface area contributed by atoms with Crippen LogP contribution < -0.4 is 5.73 Å². The maximum atomic E-state index is 5.86. The molecule has 1 atom stereocenters. The van der Waals surface area contributed by atoms with E-state index in [9.17, 15) is 0 Å². The zero-order valence-electron chi connectivity index (χ0n) is 7.61. The highest BCUT2D eigenvalue weighted by atomic mass is 15.4. The lowest BCUT2D eigenvalue weighted by Gasteiger charge is -2.17. The molecule has 1 aliphatic heterocycles. The highest BCUT2D eigenvalue weighted by Gasteiger charge is 2.30. The van der Waals surface area contributed by atoms with Gasteiger partial charge in [0.25, 0.3) is 0 Å². The Kier molecular flexibility index (Phi) is 1.47. The van der Waals surface area contributed by atoms with Gasteiger partial charge in [-0.05, 0) is 19.3 Å². The molecule has 4 heteroatoms. The molecule has 0 amide bonds. The summed E-state index contributed by atoms with van der Waals surface area (Å²) in [6, 6.07) is 0.279. The minimum Gasteiger partial charge on any atom is -0.326 e. The number of nitrogens with two attached hydrogens (primary N) is 1. The van der Waals surface area contributed by atoms with Gasteiger partial charge in [0.15, 0.2) is 5.82 Å². The number of aromatic nitrogens is 3. The van der Waals surface area contributed by atoms with Crippen molar-refractivity contribution in [1.29, 1.82) is 0 Å². The fraction of sp³-hybridized carbons (Fsp3) is 0.778. The molecule has 70 valence electrons. The van der Waals surface area contributed by atoms with E-state index >= 15 is 0 Å². The molecule has 1 aliphatic carbocycles. The van der Waals surface area contributed by atoms with Crippen LogP contribution in [0.1, 0.15) is 36.8 Å². The molecule has 0 radical (unpaired) electrons. The molecule has 3 rings (SSSR count). The first-order valence-corrected chi connectivity index (χ1v) is 5.02. The monoisotopic (exact) mass is 178 g/mol. The van der Waals surface area contributed by atoms with Gasteiger partial charge in [0.2, 0.25) is 0 Å². The van der Waals surface area contributed by atoms with E-state index < -0.39 is 0 Å². The highest BCUT2D eigenvalue weighted by Crippen LogP contribution is 2.38. The van der Waals surface area contributed by atoms with Crippen molar-refractivity contribution >= 4 is 0 Å². The molecular formula is C9H14N4. The van der Waals surface area contributed by atoms with Gasteiger partial charge in [0.05, 0.1) is 6.54 Å². The summed E-state index contributed by atoms with van der Waals surface area (Å²) in [4.78, 5) is 4.54. The normalized spacial score (nSPS) is 27.3. The van der Waals surface area contributed by atoms with Gasteiger partial charge < -0.3 is 5.73 Å². The average molecular weight is 178 g/mol. The van der Waals surface area contributed by atoms with Crippen molar-refractivity contribution in [3.8, 4) is 0 Å². The van der Waals surface area contributed by atoms with Crippen LogP contribution in [0, 0.1) is 0 Å². The van der Waals surface area contributed by atoms with E-state index in [0.29, 0.717) is 5.92 Å². The van der Waals surface area contributed by atoms with E-state index in [1.807, 2.05) is 4.68 Å². The molecule has 2 aliphatic rings. The maximum Gasteiger partial charge on any atom is 0.154 e. The molecule has 4 nitrogen and oxygen atoms in total. The van der Waals surface area contributed by atoms with Crippen molar-refractivity contribution in [2.24, 2.45) is 5.73 Å². The molecule has 1 unspecified atom stereocenters. The van der Waals surface area contributed by atoms with Crippen LogP contribution in [-0.2, 0) is 13.0 Å². The van der Waals surface area contributed by atoms with Crippen molar-refractivity contribution in [3.05, 3.63) is 11.6 Å². The standard InChI is InChI=1S/C9H14N4/c10-7-3-4-8-11-9(6-1-2-6)12-13(8)5-7/h6-7H,1-5,10H2. The van der Waals surface area contributed by atoms with Gasteiger partial charge in [-0.15, -0.1) is 0 Å². The number of rotatable bonds is 1. The molecule has 1 saturated carbocycles. The van der Waals surface area contributed by atoms with Crippen LogP contribution in [0.15, 0.2) is 0 Å². The Hall–Kier alpha value is -0.900. The van der Waals surface area contributed by atoms with Crippen molar-refractivity contribution in [2.45, 2.75) is 44.2 Å². The Morgan fingerprint density at radius 1 is 1.31 bits per heavy atom. The molecule has 1 aromatic heterocycles. The van der Waals surface area contributed by atoms with Crippen LogP contribution in [0.5, 0.6) is 0 Å². The zero-order valence-corrected chi connectivity index (χ0v) is 7.61. The summed E-state index contributed by atoms with van der Waals surface area (Å²) < 4.78 is 2.00. The third kappa shape index (κ3) is 1.25. The van der Waals surface area contributed by atoms with Crippen LogP contribution in [-0.4, -0.2) is 20.8 Å². The molecule has 13 heavy (non-hydrogen) atoms. The van der Waals surface area contributed by atoms with Gasteiger partial charge in [-0.3, -0.25) is 0 Å². The van der Waals surface area contributed by atoms with Crippen LogP contribution >= 0.6 is 0 Å². The fourth-order valence-electron chi connectivity index (χ4n) is 1.87. The molecule has 2 N–H and O–H groups in total. The lowest BCUT2D eigenvalue weighted by molar-refractivity contribution is 0.421. The van der Waals surface area contributed by atoms with Crippen molar-refractivity contribution in [1.82, 2.24) is 14.8 Å². The lowest BCUT2D eigenvalue weighted by atomic mass is 10.1. The predicted molar refractivity (Wildman–Crippen MR) is 48.3 cm³/mol. The number of nitrogens with zero attached hydrogens (tertiary/aromatic N) is 3. The second-order valence-electron chi connectivity index (χ2n) is 4.14. The summed E-state index contributed by atoms with van der Waals surface area (Å²) in [7, 11) is 0. The molecule has 0 spiro atoms. The van der Waals surface area contributed by atoms with E-state index in [0.717, 1.165) is 31.0 Å². The second kappa shape index (κ2) is 2.54. The Balaban J connectivity index is 1.93. The molecule has 1 fully saturated rings. The summed E-state index contributed by atoms with van der Waals surface area (Å²) >= 11 is 0. The Labute approximate surface area is 77.1 Å². The summed E-state index contributed by atoms with van der Waals surface area (Å²) in [5, 5.41) is 4.49. The molecule has 1 aromatic rings. The third-order valence-corrected chi connectivity index (χ3v) is 2.85. The predicted octanol–water partition coefficient (Wildman–Crippen LogP) is 0.429. The van der Waals surface area contributed by atoms with Crippen LogP contribution in [0.3, 0.4) is 0 Å². The average Bonchev–Trinajstić information content (AvgIpc) is 2.87. The van der Waals surface area contributed by atoms with Gasteiger partial charge in [0, 0.05) is 18.4 Å². The van der Waals surface area contributed by atoms with E-state index in [2.05, 4.69) is 10.1 Å². The molecule has 0 saturated heterocycles. The molecular weight excluding hydrogens is 164 g/mol.